The normalized spacial score (nSPS) is 11.5. The van der Waals surface area contributed by atoms with E-state index in [1.807, 2.05) is 12.1 Å². The largest absolute Gasteiger partial charge is 0.501 e. The van der Waals surface area contributed by atoms with E-state index in [2.05, 4.69) is 24.5 Å². The van der Waals surface area contributed by atoms with E-state index in [4.69, 9.17) is 27.9 Å². The first-order chi connectivity index (χ1) is 13.8. The van der Waals surface area contributed by atoms with Gasteiger partial charge in [-0.15, -0.1) is 0 Å². The van der Waals surface area contributed by atoms with Crippen LogP contribution in [0.2, 0.25) is 10.0 Å². The molecule has 2 rings (SSSR count). The summed E-state index contributed by atoms with van der Waals surface area (Å²) in [5.74, 6) is -0.128. The zero-order valence-corrected chi connectivity index (χ0v) is 18.5. The molecule has 0 aromatic heterocycles. The Hall–Kier alpha value is -2.15. The summed E-state index contributed by atoms with van der Waals surface area (Å²) in [6, 6.07) is 11.4. The van der Waals surface area contributed by atoms with Gasteiger partial charge in [0.25, 0.3) is 5.91 Å². The van der Waals surface area contributed by atoms with Crippen LogP contribution in [0.15, 0.2) is 54.8 Å². The number of halogens is 2. The minimum atomic E-state index is -0.873. The first kappa shape index (κ1) is 23.1. The van der Waals surface area contributed by atoms with E-state index < -0.39 is 11.9 Å². The zero-order chi connectivity index (χ0) is 21.6. The summed E-state index contributed by atoms with van der Waals surface area (Å²) < 4.78 is 5.20. The van der Waals surface area contributed by atoms with Crippen molar-refractivity contribution in [3.05, 3.63) is 70.4 Å². The average Bonchev–Trinajstić information content (AvgIpc) is 2.69. The van der Waals surface area contributed by atoms with Gasteiger partial charge in [0.05, 0.1) is 34.3 Å². The first-order valence-electron chi connectivity index (χ1n) is 8.75. The smallest absolute Gasteiger partial charge is 0.255 e. The third-order valence-corrected chi connectivity index (χ3v) is 5.12. The van der Waals surface area contributed by atoms with Gasteiger partial charge in [-0.3, -0.25) is 14.5 Å². The molecule has 1 atom stereocenters. The summed E-state index contributed by atoms with van der Waals surface area (Å²) in [5.41, 5.74) is 1.67. The number of benzene rings is 2. The van der Waals surface area contributed by atoms with Crippen molar-refractivity contribution in [2.75, 3.05) is 17.8 Å². The maximum atomic E-state index is 13.5. The van der Waals surface area contributed by atoms with Crippen LogP contribution in [0.25, 0.3) is 0 Å². The Balaban J connectivity index is 2.68. The van der Waals surface area contributed by atoms with Crippen LogP contribution in [-0.4, -0.2) is 30.7 Å². The van der Waals surface area contributed by atoms with Gasteiger partial charge >= 0.3 is 0 Å². The number of nitrogens with zero attached hydrogens (tertiary/aromatic N) is 1. The lowest BCUT2D eigenvalue weighted by molar-refractivity contribution is -0.125. The van der Waals surface area contributed by atoms with E-state index in [1.54, 1.807) is 30.3 Å². The highest BCUT2D eigenvalue weighted by molar-refractivity contribution is 7.80. The summed E-state index contributed by atoms with van der Waals surface area (Å²) in [6.45, 7) is 5.21. The molecule has 1 unspecified atom stereocenters. The molecule has 2 amide bonds. The highest BCUT2D eigenvalue weighted by atomic mass is 35.5. The molecule has 154 valence electrons. The Morgan fingerprint density at radius 1 is 1.17 bits per heavy atom. The lowest BCUT2D eigenvalue weighted by Gasteiger charge is -2.30. The monoisotopic (exact) mass is 452 g/mol. The minimum Gasteiger partial charge on any atom is -0.501 e. The Bertz CT molecular complexity index is 900. The van der Waals surface area contributed by atoms with E-state index >= 15 is 0 Å². The number of methoxy groups -OCH3 is 1. The molecule has 0 heterocycles. The van der Waals surface area contributed by atoms with E-state index in [0.29, 0.717) is 33.6 Å². The Morgan fingerprint density at radius 2 is 1.79 bits per heavy atom. The molecule has 1 N–H and O–H groups in total. The van der Waals surface area contributed by atoms with Crippen LogP contribution in [0.4, 0.5) is 11.4 Å². The number of ether oxygens (including phenoxy) is 1. The van der Waals surface area contributed by atoms with Gasteiger partial charge in [0.1, 0.15) is 6.04 Å². The molecule has 0 spiro atoms. The minimum absolute atomic E-state index is 0.101. The van der Waals surface area contributed by atoms with Crippen LogP contribution in [0, 0.1) is 0 Å². The number of allylic oxidation sites excluding steroid dienone is 1. The SMILES string of the molecule is C=C(Cc1ccccc1N(C(=O)C(CS)NC(C)=O)c1c(Cl)cccc1Cl)OC. The van der Waals surface area contributed by atoms with Crippen molar-refractivity contribution in [2.24, 2.45) is 0 Å². The fourth-order valence-corrected chi connectivity index (χ4v) is 3.62. The molecule has 5 nitrogen and oxygen atoms in total. The molecule has 0 bridgehead atoms. The predicted octanol–water partition coefficient (Wildman–Crippen LogP) is 4.80. The summed E-state index contributed by atoms with van der Waals surface area (Å²) in [5, 5.41) is 3.22. The molecule has 0 aliphatic rings. The zero-order valence-electron chi connectivity index (χ0n) is 16.1. The second kappa shape index (κ2) is 10.6. The molecular weight excluding hydrogens is 431 g/mol. The molecular formula is C21H22Cl2N2O3S. The second-order valence-electron chi connectivity index (χ2n) is 6.23. The van der Waals surface area contributed by atoms with Crippen LogP contribution in [0.3, 0.4) is 0 Å². The van der Waals surface area contributed by atoms with Gasteiger partial charge in [0, 0.05) is 19.1 Å². The third kappa shape index (κ3) is 5.69. The van der Waals surface area contributed by atoms with Crippen molar-refractivity contribution in [3.63, 3.8) is 0 Å². The standard InChI is InChI=1S/C21H22Cl2N2O3S/c1-13(28-3)11-15-7-4-5-10-19(15)25(20-16(22)8-6-9-17(20)23)21(27)18(12-29)24-14(2)26/h4-10,18,29H,1,11-12H2,2-3H3,(H,24,26). The van der Waals surface area contributed by atoms with Crippen molar-refractivity contribution < 1.29 is 14.3 Å². The van der Waals surface area contributed by atoms with Gasteiger partial charge in [0.15, 0.2) is 0 Å². The first-order valence-corrected chi connectivity index (χ1v) is 10.1. The van der Waals surface area contributed by atoms with Gasteiger partial charge < -0.3 is 10.1 Å². The molecule has 0 saturated carbocycles. The van der Waals surface area contributed by atoms with Crippen LogP contribution in [-0.2, 0) is 20.7 Å². The van der Waals surface area contributed by atoms with E-state index in [0.717, 1.165) is 5.56 Å². The van der Waals surface area contributed by atoms with Crippen molar-refractivity contribution in [1.82, 2.24) is 5.32 Å². The van der Waals surface area contributed by atoms with Gasteiger partial charge in [-0.2, -0.15) is 12.6 Å². The summed E-state index contributed by atoms with van der Waals surface area (Å²) in [6.07, 6.45) is 0.379. The average molecular weight is 453 g/mol. The fraction of sp³-hybridized carbons (Fsp3) is 0.238. The van der Waals surface area contributed by atoms with E-state index in [1.165, 1.54) is 18.9 Å². The number of amides is 2. The number of thiol groups is 1. The van der Waals surface area contributed by atoms with Crippen LogP contribution < -0.4 is 10.2 Å². The number of para-hydroxylation sites is 2. The van der Waals surface area contributed by atoms with Crippen molar-refractivity contribution in [2.45, 2.75) is 19.4 Å². The molecule has 0 aliphatic carbocycles. The number of rotatable bonds is 8. The van der Waals surface area contributed by atoms with Crippen molar-refractivity contribution in [1.29, 1.82) is 0 Å². The Morgan fingerprint density at radius 3 is 2.34 bits per heavy atom. The number of carbonyl (C=O) groups excluding carboxylic acids is 2. The molecule has 0 fully saturated rings. The van der Waals surface area contributed by atoms with E-state index in [-0.39, 0.29) is 11.7 Å². The molecule has 0 aliphatic heterocycles. The number of hydrogen-bond donors (Lipinski definition) is 2. The molecule has 29 heavy (non-hydrogen) atoms. The molecule has 0 saturated heterocycles. The number of nitrogens with one attached hydrogen (secondary N) is 1. The summed E-state index contributed by atoms with van der Waals surface area (Å²) in [4.78, 5) is 26.5. The topological polar surface area (TPSA) is 58.6 Å². The molecule has 2 aromatic carbocycles. The highest BCUT2D eigenvalue weighted by Gasteiger charge is 2.30. The third-order valence-electron chi connectivity index (χ3n) is 4.15. The number of anilines is 2. The predicted molar refractivity (Wildman–Crippen MR) is 121 cm³/mol. The number of carbonyl (C=O) groups is 2. The van der Waals surface area contributed by atoms with Gasteiger partial charge in [-0.05, 0) is 23.8 Å². The highest BCUT2D eigenvalue weighted by Crippen LogP contribution is 2.40. The van der Waals surface area contributed by atoms with Crippen LogP contribution in [0.5, 0.6) is 0 Å². The van der Waals surface area contributed by atoms with Crippen molar-refractivity contribution in [3.8, 4) is 0 Å². The van der Waals surface area contributed by atoms with Gasteiger partial charge in [0.2, 0.25) is 5.91 Å². The van der Waals surface area contributed by atoms with Gasteiger partial charge in [-0.25, -0.2) is 0 Å². The van der Waals surface area contributed by atoms with Gasteiger partial charge in [-0.1, -0.05) is 54.0 Å². The maximum Gasteiger partial charge on any atom is 0.255 e. The lowest BCUT2D eigenvalue weighted by Crippen LogP contribution is -2.48. The Kier molecular flexibility index (Phi) is 8.44. The summed E-state index contributed by atoms with van der Waals surface area (Å²) >= 11 is 17.1. The fourth-order valence-electron chi connectivity index (χ4n) is 2.80. The van der Waals surface area contributed by atoms with E-state index in [9.17, 15) is 9.59 Å². The van der Waals surface area contributed by atoms with Crippen molar-refractivity contribution >= 4 is 59.0 Å². The quantitative estimate of drug-likeness (QED) is 0.446. The summed E-state index contributed by atoms with van der Waals surface area (Å²) in [7, 11) is 1.53. The van der Waals surface area contributed by atoms with Crippen LogP contribution in [0.1, 0.15) is 12.5 Å². The Labute approximate surface area is 186 Å². The number of hydrogen-bond acceptors (Lipinski definition) is 4. The molecule has 8 heteroatoms. The maximum absolute atomic E-state index is 13.5. The lowest BCUT2D eigenvalue weighted by atomic mass is 10.1. The van der Waals surface area contributed by atoms with Crippen LogP contribution >= 0.6 is 35.8 Å². The molecule has 2 aromatic rings. The molecule has 0 radical (unpaired) electrons. The second-order valence-corrected chi connectivity index (χ2v) is 7.41.